The Labute approximate surface area is 148 Å². The van der Waals surface area contributed by atoms with Gasteiger partial charge in [0.05, 0.1) is 10.5 Å². The Morgan fingerprint density at radius 1 is 0.846 bits per heavy atom. The van der Waals surface area contributed by atoms with Crippen LogP contribution in [0.15, 0.2) is 47.4 Å². The molecule has 1 fully saturated rings. The third-order valence-electron chi connectivity index (χ3n) is 4.17. The molecule has 26 heavy (non-hydrogen) atoms. The van der Waals surface area contributed by atoms with Gasteiger partial charge >= 0.3 is 0 Å². The van der Waals surface area contributed by atoms with Crippen LogP contribution in [0.5, 0.6) is 0 Å². The van der Waals surface area contributed by atoms with Gasteiger partial charge in [-0.2, -0.15) is 4.31 Å². The zero-order chi connectivity index (χ0) is 18.9. The number of sulfonamides is 1. The summed E-state index contributed by atoms with van der Waals surface area (Å²) in [4.78, 5) is 13.7. The van der Waals surface area contributed by atoms with Crippen molar-refractivity contribution in [2.24, 2.45) is 0 Å². The maximum absolute atomic E-state index is 13.8. The minimum Gasteiger partial charge on any atom is -0.336 e. The standard InChI is InChI=1S/C17H15F3N2O3S/c18-14-7-6-13(15(19)16(14)20)17(23)21-8-10-22(11-9-21)26(24,25)12-4-2-1-3-5-12/h1-7H,8-11H2. The summed E-state index contributed by atoms with van der Waals surface area (Å²) < 4.78 is 66.4. The van der Waals surface area contributed by atoms with Gasteiger partial charge < -0.3 is 4.90 Å². The SMILES string of the molecule is O=C(c1ccc(F)c(F)c1F)N1CCN(S(=O)(=O)c2ccccc2)CC1. The molecule has 9 heteroatoms. The second kappa shape index (κ2) is 7.08. The van der Waals surface area contributed by atoms with Gasteiger partial charge in [-0.15, -0.1) is 0 Å². The molecule has 1 saturated heterocycles. The summed E-state index contributed by atoms with van der Waals surface area (Å²) in [5.74, 6) is -5.44. The van der Waals surface area contributed by atoms with E-state index in [0.717, 1.165) is 6.07 Å². The number of rotatable bonds is 3. The zero-order valence-corrected chi connectivity index (χ0v) is 14.3. The number of hydrogen-bond donors (Lipinski definition) is 0. The van der Waals surface area contributed by atoms with Crippen LogP contribution in [0.1, 0.15) is 10.4 Å². The number of carbonyl (C=O) groups is 1. The van der Waals surface area contributed by atoms with Crippen molar-refractivity contribution < 1.29 is 26.4 Å². The Bertz CT molecular complexity index is 928. The van der Waals surface area contributed by atoms with E-state index in [1.165, 1.54) is 21.3 Å². The highest BCUT2D eigenvalue weighted by Crippen LogP contribution is 2.20. The molecular weight excluding hydrogens is 369 g/mol. The topological polar surface area (TPSA) is 57.7 Å². The summed E-state index contributed by atoms with van der Waals surface area (Å²) in [6.45, 7) is 0.0786. The van der Waals surface area contributed by atoms with E-state index in [2.05, 4.69) is 0 Å². The molecule has 0 unspecified atom stereocenters. The van der Waals surface area contributed by atoms with Crippen LogP contribution in [0.4, 0.5) is 13.2 Å². The predicted molar refractivity (Wildman–Crippen MR) is 87.4 cm³/mol. The average Bonchev–Trinajstić information content (AvgIpc) is 2.66. The minimum atomic E-state index is -3.68. The molecule has 2 aromatic carbocycles. The van der Waals surface area contributed by atoms with Crippen LogP contribution in [0, 0.1) is 17.5 Å². The molecule has 0 aromatic heterocycles. The highest BCUT2D eigenvalue weighted by molar-refractivity contribution is 7.89. The van der Waals surface area contributed by atoms with E-state index in [4.69, 9.17) is 0 Å². The van der Waals surface area contributed by atoms with Gasteiger partial charge in [-0.05, 0) is 24.3 Å². The van der Waals surface area contributed by atoms with E-state index in [9.17, 15) is 26.4 Å². The number of hydrogen-bond acceptors (Lipinski definition) is 3. The van der Waals surface area contributed by atoms with Gasteiger partial charge in [0.1, 0.15) is 0 Å². The van der Waals surface area contributed by atoms with Gasteiger partial charge in [-0.25, -0.2) is 21.6 Å². The molecule has 1 heterocycles. The van der Waals surface area contributed by atoms with Crippen molar-refractivity contribution in [3.8, 4) is 0 Å². The molecule has 2 aromatic rings. The summed E-state index contributed by atoms with van der Waals surface area (Å²) in [6, 6.07) is 9.43. The first-order valence-corrected chi connectivity index (χ1v) is 9.24. The fourth-order valence-electron chi connectivity index (χ4n) is 2.73. The summed E-state index contributed by atoms with van der Waals surface area (Å²) in [5, 5.41) is 0. The molecule has 0 aliphatic carbocycles. The molecule has 0 atom stereocenters. The molecule has 0 N–H and O–H groups in total. The molecule has 1 amide bonds. The smallest absolute Gasteiger partial charge is 0.257 e. The molecule has 0 spiro atoms. The van der Waals surface area contributed by atoms with Gasteiger partial charge in [0.25, 0.3) is 5.91 Å². The van der Waals surface area contributed by atoms with E-state index in [-0.39, 0.29) is 31.1 Å². The number of benzene rings is 2. The highest BCUT2D eigenvalue weighted by Gasteiger charge is 2.31. The summed E-state index contributed by atoms with van der Waals surface area (Å²) in [6.07, 6.45) is 0. The van der Waals surface area contributed by atoms with Crippen molar-refractivity contribution in [1.29, 1.82) is 0 Å². The fourth-order valence-corrected chi connectivity index (χ4v) is 4.18. The van der Waals surface area contributed by atoms with Crippen LogP contribution in [0.25, 0.3) is 0 Å². The lowest BCUT2D eigenvalue weighted by molar-refractivity contribution is 0.0691. The maximum atomic E-state index is 13.8. The summed E-state index contributed by atoms with van der Waals surface area (Å²) in [5.41, 5.74) is -0.580. The van der Waals surface area contributed by atoms with Crippen LogP contribution in [0.2, 0.25) is 0 Å². The first kappa shape index (κ1) is 18.4. The number of amides is 1. The number of nitrogens with zero attached hydrogens (tertiary/aromatic N) is 2. The second-order valence-electron chi connectivity index (χ2n) is 5.73. The van der Waals surface area contributed by atoms with Crippen molar-refractivity contribution in [2.45, 2.75) is 4.90 Å². The molecule has 0 saturated carbocycles. The second-order valence-corrected chi connectivity index (χ2v) is 7.67. The van der Waals surface area contributed by atoms with E-state index < -0.39 is 38.9 Å². The third kappa shape index (κ3) is 3.32. The molecule has 3 rings (SSSR count). The van der Waals surface area contributed by atoms with Crippen LogP contribution in [0.3, 0.4) is 0 Å². The molecular formula is C17H15F3N2O3S. The van der Waals surface area contributed by atoms with Crippen LogP contribution in [-0.2, 0) is 10.0 Å². The van der Waals surface area contributed by atoms with Gasteiger partial charge in [-0.3, -0.25) is 4.79 Å². The van der Waals surface area contributed by atoms with Gasteiger partial charge in [0.15, 0.2) is 17.5 Å². The van der Waals surface area contributed by atoms with Crippen molar-refractivity contribution in [3.63, 3.8) is 0 Å². The van der Waals surface area contributed by atoms with Crippen molar-refractivity contribution >= 4 is 15.9 Å². The van der Waals surface area contributed by atoms with E-state index in [1.54, 1.807) is 18.2 Å². The lowest BCUT2D eigenvalue weighted by Gasteiger charge is -2.34. The third-order valence-corrected chi connectivity index (χ3v) is 6.09. The Kier molecular flexibility index (Phi) is 5.01. The predicted octanol–water partition coefficient (Wildman–Crippen LogP) is 2.25. The molecule has 138 valence electrons. The zero-order valence-electron chi connectivity index (χ0n) is 13.5. The minimum absolute atomic E-state index is 0.0172. The summed E-state index contributed by atoms with van der Waals surface area (Å²) >= 11 is 0. The fraction of sp³-hybridized carbons (Fsp3) is 0.235. The van der Waals surface area contributed by atoms with Gasteiger partial charge in [0, 0.05) is 26.2 Å². The van der Waals surface area contributed by atoms with Crippen molar-refractivity contribution in [3.05, 3.63) is 65.5 Å². The van der Waals surface area contributed by atoms with Gasteiger partial charge in [-0.1, -0.05) is 18.2 Å². The average molecular weight is 384 g/mol. The Hall–Kier alpha value is -2.39. The number of carbonyl (C=O) groups excluding carboxylic acids is 1. The van der Waals surface area contributed by atoms with E-state index in [0.29, 0.717) is 6.07 Å². The lowest BCUT2D eigenvalue weighted by atomic mass is 10.1. The van der Waals surface area contributed by atoms with Crippen LogP contribution >= 0.6 is 0 Å². The van der Waals surface area contributed by atoms with Crippen LogP contribution < -0.4 is 0 Å². The number of piperazine rings is 1. The van der Waals surface area contributed by atoms with E-state index in [1.807, 2.05) is 0 Å². The monoisotopic (exact) mass is 384 g/mol. The van der Waals surface area contributed by atoms with E-state index >= 15 is 0 Å². The largest absolute Gasteiger partial charge is 0.336 e. The lowest BCUT2D eigenvalue weighted by Crippen LogP contribution is -2.50. The molecule has 5 nitrogen and oxygen atoms in total. The Balaban J connectivity index is 1.73. The molecule has 0 radical (unpaired) electrons. The first-order chi connectivity index (χ1) is 12.3. The molecule has 1 aliphatic rings. The van der Waals surface area contributed by atoms with Crippen molar-refractivity contribution in [2.75, 3.05) is 26.2 Å². The molecule has 1 aliphatic heterocycles. The number of halogens is 3. The van der Waals surface area contributed by atoms with Gasteiger partial charge in [0.2, 0.25) is 10.0 Å². The van der Waals surface area contributed by atoms with Crippen LogP contribution in [-0.4, -0.2) is 49.7 Å². The Morgan fingerprint density at radius 3 is 2.08 bits per heavy atom. The normalized spacial score (nSPS) is 15.9. The quantitative estimate of drug-likeness (QED) is 0.763. The Morgan fingerprint density at radius 2 is 1.46 bits per heavy atom. The highest BCUT2D eigenvalue weighted by atomic mass is 32.2. The summed E-state index contributed by atoms with van der Waals surface area (Å²) in [7, 11) is -3.68. The first-order valence-electron chi connectivity index (χ1n) is 7.80. The molecule has 0 bridgehead atoms. The maximum Gasteiger partial charge on any atom is 0.257 e. The van der Waals surface area contributed by atoms with Crippen molar-refractivity contribution in [1.82, 2.24) is 9.21 Å².